The van der Waals surface area contributed by atoms with Gasteiger partial charge < -0.3 is 20.1 Å². The van der Waals surface area contributed by atoms with Crippen molar-refractivity contribution in [3.8, 4) is 22.6 Å². The average molecular weight is 724 g/mol. The fourth-order valence-electron chi connectivity index (χ4n) is 7.80. The lowest BCUT2D eigenvalue weighted by molar-refractivity contribution is -0.149. The lowest BCUT2D eigenvalue weighted by Gasteiger charge is -2.41. The topological polar surface area (TPSA) is 111 Å². The second-order valence-electron chi connectivity index (χ2n) is 13.7. The minimum absolute atomic E-state index is 0.133. The van der Waals surface area contributed by atoms with Crippen LogP contribution in [0.25, 0.3) is 21.9 Å². The van der Waals surface area contributed by atoms with Gasteiger partial charge in [-0.15, -0.1) is 0 Å². The summed E-state index contributed by atoms with van der Waals surface area (Å²) in [6.45, 7) is 0. The summed E-state index contributed by atoms with van der Waals surface area (Å²) in [6.07, 6.45) is 6.58. The molecule has 4 aromatic carbocycles. The number of carbonyl (C=O) groups is 1. The first-order valence-corrected chi connectivity index (χ1v) is 18.9. The van der Waals surface area contributed by atoms with Gasteiger partial charge in [-0.3, -0.25) is 4.79 Å². The van der Waals surface area contributed by atoms with E-state index in [0.717, 1.165) is 37.1 Å². The van der Waals surface area contributed by atoms with Gasteiger partial charge in [0.25, 0.3) is 5.92 Å². The van der Waals surface area contributed by atoms with Crippen LogP contribution in [0.4, 0.5) is 8.78 Å². The number of fused-ring (bicyclic) bond motifs is 3. The molecule has 3 N–H and O–H groups in total. The second-order valence-corrected chi connectivity index (χ2v) is 15.8. The fraction of sp³-hybridized carbons (Fsp3) is 0.395. The van der Waals surface area contributed by atoms with E-state index in [1.54, 1.807) is 42.5 Å². The molecule has 264 valence electrons. The van der Waals surface area contributed by atoms with Gasteiger partial charge in [0.1, 0.15) is 11.5 Å². The number of alkyl halides is 2. The second kappa shape index (κ2) is 13.7. The Labute approximate surface area is 295 Å². The molecule has 50 heavy (non-hydrogen) atoms. The summed E-state index contributed by atoms with van der Waals surface area (Å²) in [5, 5.41) is 1.85. The molecular formula is C38H40ClF2N3O5S. The van der Waals surface area contributed by atoms with Crippen molar-refractivity contribution in [1.82, 2.24) is 9.62 Å². The Bertz CT molecular complexity index is 1990. The van der Waals surface area contributed by atoms with Crippen molar-refractivity contribution in [1.29, 1.82) is 0 Å². The number of ether oxygens (including phenoxy) is 2. The van der Waals surface area contributed by atoms with Crippen LogP contribution < -0.4 is 19.9 Å². The molecule has 0 radical (unpaired) electrons. The highest BCUT2D eigenvalue weighted by Crippen LogP contribution is 2.42. The quantitative estimate of drug-likeness (QED) is 0.176. The molecular weight excluding hydrogens is 684 g/mol. The number of rotatable bonds is 10. The molecule has 3 aliphatic rings. The van der Waals surface area contributed by atoms with E-state index in [1.807, 2.05) is 6.07 Å². The van der Waals surface area contributed by atoms with Crippen LogP contribution in [0.15, 0.2) is 83.8 Å². The number of carbonyl (C=O) groups excluding carboxylic acids is 1. The first-order chi connectivity index (χ1) is 23.9. The molecule has 12 heteroatoms. The molecule has 3 atom stereocenters. The molecule has 1 aliphatic carbocycles. The van der Waals surface area contributed by atoms with Crippen LogP contribution in [0, 0.1) is 0 Å². The summed E-state index contributed by atoms with van der Waals surface area (Å²) in [4.78, 5) is 15.5. The molecule has 2 aliphatic heterocycles. The van der Waals surface area contributed by atoms with Gasteiger partial charge >= 0.3 is 0 Å². The third-order valence-corrected chi connectivity index (χ3v) is 12.0. The minimum Gasteiger partial charge on any atom is -0.496 e. The molecule has 2 unspecified atom stereocenters. The Morgan fingerprint density at radius 1 is 0.920 bits per heavy atom. The summed E-state index contributed by atoms with van der Waals surface area (Å²) < 4.78 is 75.5. The Hall–Kier alpha value is -3.77. The van der Waals surface area contributed by atoms with E-state index >= 15 is 8.78 Å². The average Bonchev–Trinajstić information content (AvgIpc) is 3.71. The number of methoxy groups -OCH3 is 1. The molecule has 1 amide bonds. The molecule has 0 spiro atoms. The zero-order valence-electron chi connectivity index (χ0n) is 27.7. The van der Waals surface area contributed by atoms with Crippen molar-refractivity contribution >= 4 is 38.3 Å². The predicted octanol–water partition coefficient (Wildman–Crippen LogP) is 7.41. The SMILES string of the molecule is COc1cc(C(F)(F)[C@@H](NS(=O)(=O)c2ccc3cc(OC4CCCC4)ccc3c2)C(=O)N2C3CCC2CC(N)C3)ccc1-c1ccc(Cl)cc1. The number of nitrogens with one attached hydrogen (secondary N) is 1. The number of halogens is 3. The monoisotopic (exact) mass is 723 g/mol. The molecule has 7 rings (SSSR count). The van der Waals surface area contributed by atoms with Gasteiger partial charge in [-0.2, -0.15) is 13.5 Å². The lowest BCUT2D eigenvalue weighted by Crippen LogP contribution is -2.60. The summed E-state index contributed by atoms with van der Waals surface area (Å²) in [7, 11) is -3.27. The highest BCUT2D eigenvalue weighted by Gasteiger charge is 2.54. The van der Waals surface area contributed by atoms with Crippen molar-refractivity contribution in [3.63, 3.8) is 0 Å². The molecule has 3 fully saturated rings. The van der Waals surface area contributed by atoms with Crippen LogP contribution in [0.5, 0.6) is 11.5 Å². The van der Waals surface area contributed by atoms with Gasteiger partial charge in [-0.25, -0.2) is 8.42 Å². The van der Waals surface area contributed by atoms with Crippen LogP contribution in [0.2, 0.25) is 5.02 Å². The Morgan fingerprint density at radius 2 is 1.58 bits per heavy atom. The van der Waals surface area contributed by atoms with Crippen LogP contribution in [0.3, 0.4) is 0 Å². The Morgan fingerprint density at radius 3 is 2.26 bits per heavy atom. The van der Waals surface area contributed by atoms with E-state index in [2.05, 4.69) is 4.72 Å². The number of nitrogens with two attached hydrogens (primary N) is 1. The van der Waals surface area contributed by atoms with Crippen molar-refractivity contribution in [2.24, 2.45) is 5.73 Å². The summed E-state index contributed by atoms with van der Waals surface area (Å²) in [6, 6.07) is 17.1. The molecule has 2 heterocycles. The van der Waals surface area contributed by atoms with Crippen LogP contribution in [0.1, 0.15) is 56.9 Å². The van der Waals surface area contributed by atoms with E-state index < -0.39 is 33.5 Å². The maximum Gasteiger partial charge on any atom is 0.298 e. The van der Waals surface area contributed by atoms with Crippen LogP contribution >= 0.6 is 11.6 Å². The van der Waals surface area contributed by atoms with Crippen LogP contribution in [-0.2, 0) is 20.7 Å². The number of benzene rings is 4. The molecule has 2 bridgehead atoms. The van der Waals surface area contributed by atoms with Gasteiger partial charge in [0.15, 0.2) is 6.04 Å². The Balaban J connectivity index is 1.23. The number of amides is 1. The molecule has 4 aromatic rings. The highest BCUT2D eigenvalue weighted by molar-refractivity contribution is 7.89. The first-order valence-electron chi connectivity index (χ1n) is 17.1. The van der Waals surface area contributed by atoms with Gasteiger partial charge in [-0.05, 0) is 110 Å². The van der Waals surface area contributed by atoms with E-state index in [9.17, 15) is 13.2 Å². The summed E-state index contributed by atoms with van der Waals surface area (Å²) in [5.74, 6) is -4.13. The van der Waals surface area contributed by atoms with Gasteiger partial charge in [0, 0.05) is 34.3 Å². The normalized spacial score (nSPS) is 21.8. The number of nitrogens with zero attached hydrogens (tertiary/aromatic N) is 1. The molecule has 2 saturated heterocycles. The number of hydrogen-bond acceptors (Lipinski definition) is 6. The number of sulfonamides is 1. The zero-order valence-corrected chi connectivity index (χ0v) is 29.2. The van der Waals surface area contributed by atoms with Crippen molar-refractivity contribution in [2.75, 3.05) is 7.11 Å². The van der Waals surface area contributed by atoms with Crippen molar-refractivity contribution < 1.29 is 31.5 Å². The van der Waals surface area contributed by atoms with E-state index in [4.69, 9.17) is 26.8 Å². The van der Waals surface area contributed by atoms with E-state index in [1.165, 1.54) is 36.3 Å². The largest absolute Gasteiger partial charge is 0.496 e. The van der Waals surface area contributed by atoms with Crippen LogP contribution in [-0.4, -0.2) is 56.6 Å². The minimum atomic E-state index is -4.63. The van der Waals surface area contributed by atoms with Gasteiger partial charge in [0.2, 0.25) is 15.9 Å². The highest BCUT2D eigenvalue weighted by atomic mass is 35.5. The predicted molar refractivity (Wildman–Crippen MR) is 189 cm³/mol. The maximum absolute atomic E-state index is 16.9. The maximum atomic E-state index is 16.9. The van der Waals surface area contributed by atoms with E-state index in [-0.39, 0.29) is 34.9 Å². The lowest BCUT2D eigenvalue weighted by atomic mass is 9.93. The first kappa shape index (κ1) is 34.7. The molecule has 0 aromatic heterocycles. The molecule has 8 nitrogen and oxygen atoms in total. The van der Waals surface area contributed by atoms with Gasteiger partial charge in [-0.1, -0.05) is 48.0 Å². The third-order valence-electron chi connectivity index (χ3n) is 10.3. The number of piperidine rings is 1. The molecule has 1 saturated carbocycles. The number of hydrogen-bond donors (Lipinski definition) is 2. The zero-order chi connectivity index (χ0) is 35.2. The van der Waals surface area contributed by atoms with Gasteiger partial charge in [0.05, 0.1) is 18.1 Å². The van der Waals surface area contributed by atoms with Crippen molar-refractivity contribution in [3.05, 3.63) is 89.4 Å². The van der Waals surface area contributed by atoms with E-state index in [0.29, 0.717) is 53.0 Å². The Kier molecular flexibility index (Phi) is 9.53. The smallest absolute Gasteiger partial charge is 0.298 e. The summed E-state index contributed by atoms with van der Waals surface area (Å²) >= 11 is 6.05. The van der Waals surface area contributed by atoms with Crippen molar-refractivity contribution in [2.45, 2.75) is 92.5 Å². The standard InChI is InChI=1S/C38H40ClF2N3O5S/c1-48-35-20-26(10-17-34(35)23-6-11-27(39)12-7-23)38(40,41)36(37(45)44-29-13-14-30(44)22-28(42)21-29)43-50(46,47)33-16-9-24-18-32(15-8-25(24)19-33)49-31-4-2-3-5-31/h6-12,15-20,28-31,36,43H,2-5,13-14,21-22,42H2,1H3/t28?,29?,30?,36-/m0/s1. The third kappa shape index (κ3) is 6.80. The summed E-state index contributed by atoms with van der Waals surface area (Å²) in [5.41, 5.74) is 6.87. The fourth-order valence-corrected chi connectivity index (χ4v) is 9.16.